The molecular weight excluding hydrogens is 362 g/mol. The van der Waals surface area contributed by atoms with E-state index in [2.05, 4.69) is 16.2 Å². The number of aryl methyl sites for hydroxylation is 3. The Morgan fingerprint density at radius 3 is 2.70 bits per heavy atom. The zero-order valence-corrected chi connectivity index (χ0v) is 16.2. The largest absolute Gasteiger partial charge is 0.339 e. The van der Waals surface area contributed by atoms with Crippen LogP contribution in [0.2, 0.25) is 5.02 Å². The molecule has 3 aromatic rings. The maximum Gasteiger partial charge on any atom is 0.232 e. The Morgan fingerprint density at radius 1 is 1.15 bits per heavy atom. The van der Waals surface area contributed by atoms with Crippen LogP contribution in [0.5, 0.6) is 0 Å². The van der Waals surface area contributed by atoms with Gasteiger partial charge in [0.15, 0.2) is 0 Å². The van der Waals surface area contributed by atoms with E-state index in [0.717, 1.165) is 22.4 Å². The van der Waals surface area contributed by atoms with Crippen molar-refractivity contribution in [3.05, 3.63) is 64.0 Å². The third-order valence-corrected chi connectivity index (χ3v) is 5.30. The molecule has 6 heteroatoms. The molecule has 27 heavy (non-hydrogen) atoms. The van der Waals surface area contributed by atoms with Gasteiger partial charge in [0.1, 0.15) is 0 Å². The smallest absolute Gasteiger partial charge is 0.232 e. The molecule has 0 spiro atoms. The lowest BCUT2D eigenvalue weighted by Gasteiger charge is -2.20. The lowest BCUT2D eigenvalue weighted by atomic mass is 10.1. The fourth-order valence-electron chi connectivity index (χ4n) is 3.63. The van der Waals surface area contributed by atoms with Crippen LogP contribution in [0.4, 0.5) is 5.69 Å². The highest BCUT2D eigenvalue weighted by Gasteiger charge is 2.36. The monoisotopic (exact) mass is 381 g/mol. The van der Waals surface area contributed by atoms with Crippen molar-refractivity contribution in [3.63, 3.8) is 0 Å². The molecule has 1 aliphatic heterocycles. The van der Waals surface area contributed by atoms with Crippen molar-refractivity contribution in [1.29, 1.82) is 0 Å². The molecule has 0 N–H and O–H groups in total. The number of benzene rings is 2. The van der Waals surface area contributed by atoms with Crippen LogP contribution < -0.4 is 4.90 Å². The number of para-hydroxylation sites is 1. The van der Waals surface area contributed by atoms with E-state index in [9.17, 15) is 4.79 Å². The Balaban J connectivity index is 1.61. The van der Waals surface area contributed by atoms with E-state index < -0.39 is 0 Å². The zero-order chi connectivity index (χ0) is 19.1. The number of aromatic nitrogens is 2. The second kappa shape index (κ2) is 6.82. The van der Waals surface area contributed by atoms with Gasteiger partial charge in [-0.2, -0.15) is 4.98 Å². The van der Waals surface area contributed by atoms with Crippen LogP contribution in [0.25, 0.3) is 11.4 Å². The molecule has 1 fully saturated rings. The summed E-state index contributed by atoms with van der Waals surface area (Å²) in [5.74, 6) is 0.926. The number of halogens is 1. The molecule has 1 amide bonds. The van der Waals surface area contributed by atoms with Gasteiger partial charge in [0, 0.05) is 18.5 Å². The second-order valence-corrected chi connectivity index (χ2v) is 7.49. The van der Waals surface area contributed by atoms with Crippen LogP contribution in [0.1, 0.15) is 34.9 Å². The summed E-state index contributed by atoms with van der Waals surface area (Å²) in [6.45, 7) is 6.51. The van der Waals surface area contributed by atoms with Gasteiger partial charge in [0.05, 0.1) is 16.6 Å². The molecular formula is C21H20ClN3O2. The standard InChI is InChI=1S/C21H20ClN3O2/c1-12-7-8-16(14(3)9-12)20-23-21(27-24-20)15-10-18(26)25(11-15)19-13(2)5-4-6-17(19)22/h4-9,15H,10-11H2,1-3H3. The molecule has 0 aliphatic carbocycles. The van der Waals surface area contributed by atoms with Gasteiger partial charge in [0.25, 0.3) is 0 Å². The van der Waals surface area contributed by atoms with Crippen LogP contribution in [-0.4, -0.2) is 22.6 Å². The molecule has 1 aliphatic rings. The number of hydrogen-bond donors (Lipinski definition) is 0. The molecule has 0 bridgehead atoms. The first-order chi connectivity index (χ1) is 12.9. The third-order valence-electron chi connectivity index (χ3n) is 5.00. The predicted octanol–water partition coefficient (Wildman–Crippen LogP) is 4.84. The number of hydrogen-bond acceptors (Lipinski definition) is 4. The number of carbonyl (C=O) groups is 1. The summed E-state index contributed by atoms with van der Waals surface area (Å²) in [7, 11) is 0. The minimum absolute atomic E-state index is 0.0162. The van der Waals surface area contributed by atoms with Crippen LogP contribution in [0.3, 0.4) is 0 Å². The summed E-state index contributed by atoms with van der Waals surface area (Å²) in [5.41, 5.74) is 4.96. The average Bonchev–Trinajstić information content (AvgIpc) is 3.22. The van der Waals surface area contributed by atoms with Crippen molar-refractivity contribution in [2.45, 2.75) is 33.1 Å². The van der Waals surface area contributed by atoms with Crippen LogP contribution in [0, 0.1) is 20.8 Å². The van der Waals surface area contributed by atoms with Crippen molar-refractivity contribution < 1.29 is 9.32 Å². The summed E-state index contributed by atoms with van der Waals surface area (Å²) in [4.78, 5) is 18.9. The van der Waals surface area contributed by atoms with E-state index in [0.29, 0.717) is 29.7 Å². The normalized spacial score (nSPS) is 17.0. The van der Waals surface area contributed by atoms with E-state index >= 15 is 0 Å². The summed E-state index contributed by atoms with van der Waals surface area (Å²) in [6.07, 6.45) is 0.333. The topological polar surface area (TPSA) is 59.2 Å². The predicted molar refractivity (Wildman–Crippen MR) is 105 cm³/mol. The molecule has 138 valence electrons. The number of carbonyl (C=O) groups excluding carboxylic acids is 1. The second-order valence-electron chi connectivity index (χ2n) is 7.09. The SMILES string of the molecule is Cc1ccc(-c2noc(C3CC(=O)N(c4c(C)cccc4Cl)C3)n2)c(C)c1. The molecule has 1 saturated heterocycles. The third kappa shape index (κ3) is 3.23. The molecule has 1 atom stereocenters. The van der Waals surface area contributed by atoms with Gasteiger partial charge in [-0.05, 0) is 38.0 Å². The summed E-state index contributed by atoms with van der Waals surface area (Å²) in [6, 6.07) is 11.7. The molecule has 5 nitrogen and oxygen atoms in total. The van der Waals surface area contributed by atoms with Crippen molar-refractivity contribution in [1.82, 2.24) is 10.1 Å². The van der Waals surface area contributed by atoms with Crippen molar-refractivity contribution in [2.24, 2.45) is 0 Å². The molecule has 0 saturated carbocycles. The maximum absolute atomic E-state index is 12.6. The Kier molecular flexibility index (Phi) is 4.48. The number of anilines is 1. The van der Waals surface area contributed by atoms with Crippen molar-refractivity contribution in [2.75, 3.05) is 11.4 Å². The van der Waals surface area contributed by atoms with Crippen LogP contribution >= 0.6 is 11.6 Å². The Hall–Kier alpha value is -2.66. The molecule has 1 aromatic heterocycles. The summed E-state index contributed by atoms with van der Waals surface area (Å²) < 4.78 is 5.51. The van der Waals surface area contributed by atoms with Crippen molar-refractivity contribution >= 4 is 23.2 Å². The van der Waals surface area contributed by atoms with Gasteiger partial charge >= 0.3 is 0 Å². The van der Waals surface area contributed by atoms with E-state index in [4.69, 9.17) is 16.1 Å². The highest BCUT2D eigenvalue weighted by Crippen LogP contribution is 2.37. The van der Waals surface area contributed by atoms with E-state index in [1.165, 1.54) is 5.56 Å². The molecule has 4 rings (SSSR count). The van der Waals surface area contributed by atoms with Gasteiger partial charge in [-0.15, -0.1) is 0 Å². The maximum atomic E-state index is 12.6. The first kappa shape index (κ1) is 17.7. The van der Waals surface area contributed by atoms with Gasteiger partial charge in [-0.3, -0.25) is 4.79 Å². The summed E-state index contributed by atoms with van der Waals surface area (Å²) >= 11 is 6.34. The Labute approximate surface area is 163 Å². The van der Waals surface area contributed by atoms with E-state index in [-0.39, 0.29) is 11.8 Å². The number of amides is 1. The van der Waals surface area contributed by atoms with E-state index in [1.54, 1.807) is 11.0 Å². The first-order valence-electron chi connectivity index (χ1n) is 8.90. The fraction of sp³-hybridized carbons (Fsp3) is 0.286. The van der Waals surface area contributed by atoms with Gasteiger partial charge in [-0.1, -0.05) is 52.7 Å². The summed E-state index contributed by atoms with van der Waals surface area (Å²) in [5, 5.41) is 4.71. The van der Waals surface area contributed by atoms with Gasteiger partial charge < -0.3 is 9.42 Å². The molecule has 2 heterocycles. The minimum Gasteiger partial charge on any atom is -0.339 e. The van der Waals surface area contributed by atoms with Gasteiger partial charge in [0.2, 0.25) is 17.6 Å². The Bertz CT molecular complexity index is 1010. The zero-order valence-electron chi connectivity index (χ0n) is 15.5. The first-order valence-corrected chi connectivity index (χ1v) is 9.28. The quantitative estimate of drug-likeness (QED) is 0.651. The van der Waals surface area contributed by atoms with Gasteiger partial charge in [-0.25, -0.2) is 0 Å². The Morgan fingerprint density at radius 2 is 1.96 bits per heavy atom. The minimum atomic E-state index is -0.139. The van der Waals surface area contributed by atoms with Crippen molar-refractivity contribution in [3.8, 4) is 11.4 Å². The highest BCUT2D eigenvalue weighted by atomic mass is 35.5. The number of nitrogens with zero attached hydrogens (tertiary/aromatic N) is 3. The lowest BCUT2D eigenvalue weighted by Crippen LogP contribution is -2.25. The highest BCUT2D eigenvalue weighted by molar-refractivity contribution is 6.34. The van der Waals surface area contributed by atoms with Crippen LogP contribution in [-0.2, 0) is 4.79 Å². The fourth-order valence-corrected chi connectivity index (χ4v) is 3.95. The molecule has 1 unspecified atom stereocenters. The molecule has 2 aromatic carbocycles. The number of rotatable bonds is 3. The van der Waals surface area contributed by atoms with E-state index in [1.807, 2.05) is 45.0 Å². The average molecular weight is 382 g/mol. The van der Waals surface area contributed by atoms with Crippen LogP contribution in [0.15, 0.2) is 40.9 Å². The molecule has 0 radical (unpaired) electrons. The lowest BCUT2D eigenvalue weighted by molar-refractivity contribution is -0.117.